The molecule has 0 bridgehead atoms. The number of rotatable bonds is 7. The normalized spacial score (nSPS) is 10.3. The Morgan fingerprint density at radius 3 is 2.36 bits per heavy atom. The maximum Gasteiger partial charge on any atom is 0.153 e. The van der Waals surface area contributed by atoms with Crippen LogP contribution in [0.5, 0.6) is 5.75 Å². The molecule has 0 amide bonds. The van der Waals surface area contributed by atoms with Crippen LogP contribution in [0.1, 0.15) is 29.8 Å². The molecule has 0 aliphatic carbocycles. The van der Waals surface area contributed by atoms with Crippen molar-refractivity contribution in [2.24, 2.45) is 0 Å². The second-order valence-corrected chi connectivity index (χ2v) is 6.17. The summed E-state index contributed by atoms with van der Waals surface area (Å²) >= 11 is 2.27. The predicted octanol–water partition coefficient (Wildman–Crippen LogP) is 4.53. The van der Waals surface area contributed by atoms with Crippen molar-refractivity contribution >= 4 is 34.6 Å². The minimum Gasteiger partial charge on any atom is -0.488 e. The van der Waals surface area contributed by atoms with E-state index in [1.165, 1.54) is 3.57 Å². The monoisotopic (exact) mass is 409 g/mol. The molecule has 0 aliphatic rings. The number of nitrogens with zero attached hydrogens (tertiary/aromatic N) is 1. The van der Waals surface area contributed by atoms with Crippen molar-refractivity contribution in [1.82, 2.24) is 0 Å². The lowest BCUT2D eigenvalue weighted by atomic mass is 10.1. The molecule has 0 atom stereocenters. The lowest BCUT2D eigenvalue weighted by molar-refractivity contribution is 0.111. The summed E-state index contributed by atoms with van der Waals surface area (Å²) in [7, 11) is 0. The van der Waals surface area contributed by atoms with Crippen molar-refractivity contribution in [1.29, 1.82) is 0 Å². The summed E-state index contributed by atoms with van der Waals surface area (Å²) in [6.07, 6.45) is 0.843. The Hall–Kier alpha value is -1.56. The first-order valence-corrected chi connectivity index (χ1v) is 8.47. The average molecular weight is 409 g/mol. The van der Waals surface area contributed by atoms with Crippen molar-refractivity contribution in [2.75, 3.05) is 18.0 Å². The first kappa shape index (κ1) is 16.8. The fraction of sp³-hybridized carbons (Fsp3) is 0.278. The Morgan fingerprint density at radius 1 is 1.09 bits per heavy atom. The summed E-state index contributed by atoms with van der Waals surface area (Å²) in [6, 6.07) is 13.9. The van der Waals surface area contributed by atoms with Gasteiger partial charge >= 0.3 is 0 Å². The second-order valence-electron chi connectivity index (χ2n) is 4.93. The van der Waals surface area contributed by atoms with Gasteiger partial charge in [0.05, 0.1) is 5.56 Å². The van der Waals surface area contributed by atoms with Crippen LogP contribution in [0.3, 0.4) is 0 Å². The Balaban J connectivity index is 2.18. The summed E-state index contributed by atoms with van der Waals surface area (Å²) in [4.78, 5) is 13.4. The van der Waals surface area contributed by atoms with Crippen molar-refractivity contribution in [3.8, 4) is 5.75 Å². The number of aldehydes is 1. The van der Waals surface area contributed by atoms with Crippen molar-refractivity contribution in [2.45, 2.75) is 20.5 Å². The van der Waals surface area contributed by atoms with E-state index in [0.29, 0.717) is 17.9 Å². The van der Waals surface area contributed by atoms with Crippen LogP contribution < -0.4 is 9.64 Å². The molecule has 0 saturated heterocycles. The molecule has 0 aromatic heterocycles. The molecule has 3 nitrogen and oxygen atoms in total. The van der Waals surface area contributed by atoms with E-state index >= 15 is 0 Å². The largest absolute Gasteiger partial charge is 0.488 e. The van der Waals surface area contributed by atoms with Gasteiger partial charge in [0.25, 0.3) is 0 Å². The summed E-state index contributed by atoms with van der Waals surface area (Å²) in [5.74, 6) is 0.637. The van der Waals surface area contributed by atoms with Crippen LogP contribution in [-0.2, 0) is 6.61 Å². The quantitative estimate of drug-likeness (QED) is 0.497. The SMILES string of the molecule is CCN(CC)c1ccc(C=O)c(OCc2ccc(I)cc2)c1. The highest BCUT2D eigenvalue weighted by Gasteiger charge is 2.08. The molecule has 0 fully saturated rings. The molecule has 0 saturated carbocycles. The Labute approximate surface area is 145 Å². The highest BCUT2D eigenvalue weighted by molar-refractivity contribution is 14.1. The van der Waals surface area contributed by atoms with E-state index in [2.05, 4.69) is 41.3 Å². The van der Waals surface area contributed by atoms with E-state index in [1.54, 1.807) is 0 Å². The number of hydrogen-bond donors (Lipinski definition) is 0. The number of hydrogen-bond acceptors (Lipinski definition) is 3. The third kappa shape index (κ3) is 4.22. The van der Waals surface area contributed by atoms with Gasteiger partial charge in [-0.2, -0.15) is 0 Å². The van der Waals surface area contributed by atoms with Gasteiger partial charge in [-0.05, 0) is 66.3 Å². The fourth-order valence-corrected chi connectivity index (χ4v) is 2.63. The van der Waals surface area contributed by atoms with Crippen LogP contribution in [0, 0.1) is 3.57 Å². The lowest BCUT2D eigenvalue weighted by Gasteiger charge is -2.22. The molecule has 2 aromatic carbocycles. The third-order valence-corrected chi connectivity index (χ3v) is 4.28. The zero-order valence-corrected chi connectivity index (χ0v) is 15.0. The van der Waals surface area contributed by atoms with Gasteiger partial charge in [-0.3, -0.25) is 4.79 Å². The second kappa shape index (κ2) is 8.17. The molecule has 2 aromatic rings. The molecule has 4 heteroatoms. The number of halogens is 1. The standard InChI is InChI=1S/C18H20INO2/c1-3-20(4-2)17-10-7-15(12-21)18(11-17)22-13-14-5-8-16(19)9-6-14/h5-12H,3-4,13H2,1-2H3. The summed E-state index contributed by atoms with van der Waals surface area (Å²) in [5, 5.41) is 0. The van der Waals surface area contributed by atoms with Gasteiger partial charge in [0.2, 0.25) is 0 Å². The Kier molecular flexibility index (Phi) is 6.24. The molecule has 0 spiro atoms. The minimum atomic E-state index is 0.458. The van der Waals surface area contributed by atoms with Gasteiger partial charge in [0.1, 0.15) is 12.4 Å². The van der Waals surface area contributed by atoms with Crippen LogP contribution >= 0.6 is 22.6 Å². The van der Waals surface area contributed by atoms with Crippen LogP contribution in [0.15, 0.2) is 42.5 Å². The third-order valence-electron chi connectivity index (χ3n) is 3.56. The minimum absolute atomic E-state index is 0.458. The molecule has 0 N–H and O–H groups in total. The van der Waals surface area contributed by atoms with Crippen molar-refractivity contribution in [3.63, 3.8) is 0 Å². The van der Waals surface area contributed by atoms with Gasteiger partial charge in [0.15, 0.2) is 6.29 Å². The molecule has 2 rings (SSSR count). The smallest absolute Gasteiger partial charge is 0.153 e. The molecular formula is C18H20INO2. The van der Waals surface area contributed by atoms with Crippen molar-refractivity contribution < 1.29 is 9.53 Å². The highest BCUT2D eigenvalue weighted by atomic mass is 127. The van der Waals surface area contributed by atoms with E-state index in [1.807, 2.05) is 42.5 Å². The maximum atomic E-state index is 11.2. The van der Waals surface area contributed by atoms with Gasteiger partial charge in [-0.25, -0.2) is 0 Å². The molecule has 0 radical (unpaired) electrons. The summed E-state index contributed by atoms with van der Waals surface area (Å²) in [5.41, 5.74) is 2.75. The lowest BCUT2D eigenvalue weighted by Crippen LogP contribution is -2.21. The summed E-state index contributed by atoms with van der Waals surface area (Å²) < 4.78 is 7.07. The Morgan fingerprint density at radius 2 is 1.77 bits per heavy atom. The zero-order valence-electron chi connectivity index (χ0n) is 12.9. The highest BCUT2D eigenvalue weighted by Crippen LogP contribution is 2.25. The predicted molar refractivity (Wildman–Crippen MR) is 98.9 cm³/mol. The fourth-order valence-electron chi connectivity index (χ4n) is 2.27. The van der Waals surface area contributed by atoms with Gasteiger partial charge < -0.3 is 9.64 Å². The number of carbonyl (C=O) groups excluding carboxylic acids is 1. The zero-order chi connectivity index (χ0) is 15.9. The first-order valence-electron chi connectivity index (χ1n) is 7.39. The van der Waals surface area contributed by atoms with Crippen LogP contribution in [0.4, 0.5) is 5.69 Å². The topological polar surface area (TPSA) is 29.5 Å². The molecule has 0 aliphatic heterocycles. The molecule has 0 heterocycles. The number of benzene rings is 2. The van der Waals surface area contributed by atoms with Gasteiger partial charge in [-0.1, -0.05) is 12.1 Å². The molecule has 116 valence electrons. The average Bonchev–Trinajstić information content (AvgIpc) is 2.55. The number of carbonyl (C=O) groups is 1. The maximum absolute atomic E-state index is 11.2. The van der Waals surface area contributed by atoms with E-state index < -0.39 is 0 Å². The number of ether oxygens (including phenoxy) is 1. The van der Waals surface area contributed by atoms with E-state index in [-0.39, 0.29) is 0 Å². The van der Waals surface area contributed by atoms with Crippen molar-refractivity contribution in [3.05, 3.63) is 57.2 Å². The van der Waals surface area contributed by atoms with Crippen LogP contribution in [0.25, 0.3) is 0 Å². The van der Waals surface area contributed by atoms with Crippen LogP contribution in [-0.4, -0.2) is 19.4 Å². The van der Waals surface area contributed by atoms with E-state index in [4.69, 9.17) is 4.74 Å². The van der Waals surface area contributed by atoms with Crippen LogP contribution in [0.2, 0.25) is 0 Å². The molecular weight excluding hydrogens is 389 g/mol. The molecule has 0 unspecified atom stereocenters. The van der Waals surface area contributed by atoms with E-state index in [9.17, 15) is 4.79 Å². The number of anilines is 1. The Bertz CT molecular complexity index is 621. The summed E-state index contributed by atoms with van der Waals surface area (Å²) in [6.45, 7) is 6.53. The van der Waals surface area contributed by atoms with Gasteiger partial charge in [-0.15, -0.1) is 0 Å². The van der Waals surface area contributed by atoms with E-state index in [0.717, 1.165) is 30.6 Å². The first-order chi connectivity index (χ1) is 10.7. The van der Waals surface area contributed by atoms with Gasteiger partial charge in [0, 0.05) is 28.4 Å². The molecule has 22 heavy (non-hydrogen) atoms.